The van der Waals surface area contributed by atoms with E-state index in [2.05, 4.69) is 30.9 Å². The number of rotatable bonds is 5. The van der Waals surface area contributed by atoms with Crippen LogP contribution in [0.2, 0.25) is 0 Å². The molecule has 0 unspecified atom stereocenters. The molecule has 1 nitrogen and oxygen atoms in total. The summed E-state index contributed by atoms with van der Waals surface area (Å²) in [6.07, 6.45) is 3.66. The molecular formula is C11H16N. The highest BCUT2D eigenvalue weighted by Gasteiger charge is 1.88. The van der Waals surface area contributed by atoms with Crippen LogP contribution in [0.5, 0.6) is 0 Å². The number of para-hydroxylation sites is 1. The van der Waals surface area contributed by atoms with Gasteiger partial charge in [0.05, 0.1) is 0 Å². The molecule has 0 heterocycles. The predicted octanol–water partition coefficient (Wildman–Crippen LogP) is 3.45. The van der Waals surface area contributed by atoms with Gasteiger partial charge in [-0.3, -0.25) is 0 Å². The van der Waals surface area contributed by atoms with Crippen LogP contribution in [0, 0.1) is 6.54 Å². The second kappa shape index (κ2) is 5.64. The quantitative estimate of drug-likeness (QED) is 0.654. The van der Waals surface area contributed by atoms with Gasteiger partial charge in [0.15, 0.2) is 0 Å². The zero-order chi connectivity index (χ0) is 8.65. The molecule has 1 aromatic rings. The first-order valence-corrected chi connectivity index (χ1v) is 4.56. The summed E-state index contributed by atoms with van der Waals surface area (Å²) in [5, 5.41) is 3.25. The van der Waals surface area contributed by atoms with Gasteiger partial charge in [-0.1, -0.05) is 38.0 Å². The van der Waals surface area contributed by atoms with E-state index in [1.807, 2.05) is 18.2 Å². The first kappa shape index (κ1) is 9.11. The monoisotopic (exact) mass is 162 g/mol. The number of hydrogen-bond acceptors (Lipinski definition) is 1. The molecule has 1 N–H and O–H groups in total. The average molecular weight is 162 g/mol. The molecule has 1 aromatic carbocycles. The topological polar surface area (TPSA) is 12.0 Å². The van der Waals surface area contributed by atoms with Crippen molar-refractivity contribution in [3.63, 3.8) is 0 Å². The SMILES string of the molecule is CCCC[CH]Nc1ccccc1. The minimum Gasteiger partial charge on any atom is -0.380 e. The van der Waals surface area contributed by atoms with Crippen molar-refractivity contribution in [2.24, 2.45) is 0 Å². The van der Waals surface area contributed by atoms with Crippen LogP contribution in [0.25, 0.3) is 0 Å². The Hall–Kier alpha value is -0.980. The summed E-state index contributed by atoms with van der Waals surface area (Å²) in [6.45, 7) is 4.33. The van der Waals surface area contributed by atoms with Crippen molar-refractivity contribution in [3.8, 4) is 0 Å². The molecule has 0 amide bonds. The molecule has 0 fully saturated rings. The van der Waals surface area contributed by atoms with Gasteiger partial charge in [0.2, 0.25) is 0 Å². The van der Waals surface area contributed by atoms with Gasteiger partial charge in [-0.25, -0.2) is 0 Å². The lowest BCUT2D eigenvalue weighted by atomic mass is 10.2. The van der Waals surface area contributed by atoms with E-state index < -0.39 is 0 Å². The van der Waals surface area contributed by atoms with E-state index >= 15 is 0 Å². The Labute approximate surface area is 74.8 Å². The first-order chi connectivity index (χ1) is 5.93. The summed E-state index contributed by atoms with van der Waals surface area (Å²) in [5.41, 5.74) is 1.17. The standard InChI is InChI=1S/C11H16N/c1-2-3-7-10-12-11-8-5-4-6-9-11/h4-6,8-10,12H,2-3,7H2,1H3. The molecule has 0 bridgehead atoms. The fraction of sp³-hybridized carbons (Fsp3) is 0.364. The van der Waals surface area contributed by atoms with Crippen molar-refractivity contribution in [1.29, 1.82) is 0 Å². The Morgan fingerprint density at radius 2 is 2.00 bits per heavy atom. The maximum Gasteiger partial charge on any atom is 0.0462 e. The molecule has 65 valence electrons. The van der Waals surface area contributed by atoms with E-state index in [-0.39, 0.29) is 0 Å². The van der Waals surface area contributed by atoms with Crippen molar-refractivity contribution < 1.29 is 0 Å². The van der Waals surface area contributed by atoms with Crippen LogP contribution in [0.3, 0.4) is 0 Å². The Kier molecular flexibility index (Phi) is 4.28. The fourth-order valence-electron chi connectivity index (χ4n) is 1.03. The van der Waals surface area contributed by atoms with Crippen LogP contribution in [-0.4, -0.2) is 0 Å². The Balaban J connectivity index is 2.16. The molecule has 0 aliphatic rings. The lowest BCUT2D eigenvalue weighted by Crippen LogP contribution is -1.93. The molecule has 0 aromatic heterocycles. The maximum absolute atomic E-state index is 3.25. The van der Waals surface area contributed by atoms with E-state index in [0.717, 1.165) is 6.42 Å². The lowest BCUT2D eigenvalue weighted by Gasteiger charge is -2.03. The second-order valence-electron chi connectivity index (χ2n) is 2.86. The molecule has 1 heteroatoms. The normalized spacial score (nSPS) is 9.75. The highest BCUT2D eigenvalue weighted by atomic mass is 14.9. The lowest BCUT2D eigenvalue weighted by molar-refractivity contribution is 0.786. The number of nitrogens with one attached hydrogen (secondary N) is 1. The molecule has 0 aliphatic heterocycles. The second-order valence-corrected chi connectivity index (χ2v) is 2.86. The van der Waals surface area contributed by atoms with E-state index in [1.54, 1.807) is 0 Å². The van der Waals surface area contributed by atoms with Crippen molar-refractivity contribution in [2.75, 3.05) is 5.32 Å². The minimum absolute atomic E-state index is 1.14. The van der Waals surface area contributed by atoms with Crippen LogP contribution >= 0.6 is 0 Å². The van der Waals surface area contributed by atoms with Crippen LogP contribution in [-0.2, 0) is 0 Å². The Morgan fingerprint density at radius 3 is 2.67 bits per heavy atom. The number of hydrogen-bond donors (Lipinski definition) is 1. The van der Waals surface area contributed by atoms with E-state index in [0.29, 0.717) is 0 Å². The zero-order valence-electron chi connectivity index (χ0n) is 7.59. The summed E-state index contributed by atoms with van der Waals surface area (Å²) < 4.78 is 0. The Bertz CT molecular complexity index is 193. The van der Waals surface area contributed by atoms with Gasteiger partial charge >= 0.3 is 0 Å². The molecule has 0 spiro atoms. The van der Waals surface area contributed by atoms with Gasteiger partial charge < -0.3 is 5.32 Å². The summed E-state index contributed by atoms with van der Waals surface area (Å²) >= 11 is 0. The number of benzene rings is 1. The number of anilines is 1. The molecule has 12 heavy (non-hydrogen) atoms. The van der Waals surface area contributed by atoms with Crippen LogP contribution in [0.15, 0.2) is 30.3 Å². The Morgan fingerprint density at radius 1 is 1.25 bits per heavy atom. The van der Waals surface area contributed by atoms with Gasteiger partial charge in [-0.15, -0.1) is 0 Å². The summed E-state index contributed by atoms with van der Waals surface area (Å²) in [6, 6.07) is 10.2. The van der Waals surface area contributed by atoms with Crippen LogP contribution in [0.1, 0.15) is 26.2 Å². The molecule has 0 saturated heterocycles. The number of unbranched alkanes of at least 4 members (excludes halogenated alkanes) is 2. The van der Waals surface area contributed by atoms with Gasteiger partial charge in [0, 0.05) is 12.2 Å². The highest BCUT2D eigenvalue weighted by molar-refractivity contribution is 5.43. The van der Waals surface area contributed by atoms with Crippen molar-refractivity contribution in [1.82, 2.24) is 0 Å². The third kappa shape index (κ3) is 3.42. The van der Waals surface area contributed by atoms with E-state index in [1.165, 1.54) is 18.5 Å². The molecule has 1 rings (SSSR count). The van der Waals surface area contributed by atoms with Gasteiger partial charge in [-0.05, 0) is 18.6 Å². The van der Waals surface area contributed by atoms with Crippen LogP contribution in [0.4, 0.5) is 5.69 Å². The van der Waals surface area contributed by atoms with Crippen molar-refractivity contribution in [2.45, 2.75) is 26.2 Å². The molecule has 0 saturated carbocycles. The predicted molar refractivity (Wildman–Crippen MR) is 53.9 cm³/mol. The van der Waals surface area contributed by atoms with Crippen molar-refractivity contribution in [3.05, 3.63) is 36.9 Å². The zero-order valence-corrected chi connectivity index (χ0v) is 7.59. The van der Waals surface area contributed by atoms with Crippen molar-refractivity contribution >= 4 is 5.69 Å². The third-order valence-electron chi connectivity index (χ3n) is 1.74. The minimum atomic E-state index is 1.14. The first-order valence-electron chi connectivity index (χ1n) is 4.56. The fourth-order valence-corrected chi connectivity index (χ4v) is 1.03. The summed E-state index contributed by atoms with van der Waals surface area (Å²) in [5.74, 6) is 0. The van der Waals surface area contributed by atoms with Crippen LogP contribution < -0.4 is 5.32 Å². The van der Waals surface area contributed by atoms with E-state index in [4.69, 9.17) is 0 Å². The summed E-state index contributed by atoms with van der Waals surface area (Å²) in [7, 11) is 0. The third-order valence-corrected chi connectivity index (χ3v) is 1.74. The molecular weight excluding hydrogens is 146 g/mol. The van der Waals surface area contributed by atoms with Gasteiger partial charge in [-0.2, -0.15) is 0 Å². The highest BCUT2D eigenvalue weighted by Crippen LogP contribution is 2.07. The smallest absolute Gasteiger partial charge is 0.0462 e. The van der Waals surface area contributed by atoms with E-state index in [9.17, 15) is 0 Å². The maximum atomic E-state index is 3.25. The van der Waals surface area contributed by atoms with Gasteiger partial charge in [0.25, 0.3) is 0 Å². The molecule has 0 atom stereocenters. The average Bonchev–Trinajstić information content (AvgIpc) is 2.14. The largest absolute Gasteiger partial charge is 0.380 e. The molecule has 1 radical (unpaired) electrons. The van der Waals surface area contributed by atoms with Gasteiger partial charge in [0.1, 0.15) is 0 Å². The molecule has 0 aliphatic carbocycles. The summed E-state index contributed by atoms with van der Waals surface area (Å²) in [4.78, 5) is 0.